The molecule has 1 N–H and O–H groups in total. The number of carbonyl (C=O) groups is 1. The molecule has 28 heavy (non-hydrogen) atoms. The molecule has 1 amide bonds. The van der Waals surface area contributed by atoms with Gasteiger partial charge in [0.25, 0.3) is 5.91 Å². The van der Waals surface area contributed by atoms with Crippen molar-refractivity contribution in [3.05, 3.63) is 65.5 Å². The first-order valence-electron chi connectivity index (χ1n) is 9.69. The third kappa shape index (κ3) is 4.77. The number of nitrogens with one attached hydrogen (secondary N) is 1. The SMILES string of the molecule is O=C(NCC1COCCO1)c1cc(CCCc2ccc3ccccc3c2)on1. The van der Waals surface area contributed by atoms with Crippen LogP contribution in [0.15, 0.2) is 53.1 Å². The summed E-state index contributed by atoms with van der Waals surface area (Å²) in [5.74, 6) is 0.474. The zero-order chi connectivity index (χ0) is 19.2. The third-order valence-corrected chi connectivity index (χ3v) is 4.87. The van der Waals surface area contributed by atoms with E-state index in [0.29, 0.717) is 32.1 Å². The molecule has 1 fully saturated rings. The van der Waals surface area contributed by atoms with Crippen LogP contribution in [0.5, 0.6) is 0 Å². The zero-order valence-corrected chi connectivity index (χ0v) is 15.7. The highest BCUT2D eigenvalue weighted by Gasteiger charge is 2.17. The number of carbonyl (C=O) groups excluding carboxylic acids is 1. The number of ether oxygens (including phenoxy) is 2. The molecule has 6 nitrogen and oxygen atoms in total. The maximum Gasteiger partial charge on any atom is 0.273 e. The lowest BCUT2D eigenvalue weighted by Gasteiger charge is -2.22. The number of aryl methyl sites for hydroxylation is 2. The number of hydrogen-bond acceptors (Lipinski definition) is 5. The van der Waals surface area contributed by atoms with Crippen LogP contribution in [0.1, 0.15) is 28.2 Å². The van der Waals surface area contributed by atoms with Crippen molar-refractivity contribution in [3.63, 3.8) is 0 Å². The third-order valence-electron chi connectivity index (χ3n) is 4.87. The van der Waals surface area contributed by atoms with E-state index >= 15 is 0 Å². The van der Waals surface area contributed by atoms with E-state index in [1.165, 1.54) is 16.3 Å². The van der Waals surface area contributed by atoms with Gasteiger partial charge in [0.2, 0.25) is 0 Å². The molecule has 2 aromatic carbocycles. The Hall–Kier alpha value is -2.70. The molecule has 1 unspecified atom stereocenters. The Bertz CT molecular complexity index is 931. The highest BCUT2D eigenvalue weighted by molar-refractivity contribution is 5.92. The molecule has 3 aromatic rings. The van der Waals surface area contributed by atoms with E-state index in [1.807, 2.05) is 0 Å². The number of amides is 1. The smallest absolute Gasteiger partial charge is 0.273 e. The minimum absolute atomic E-state index is 0.106. The van der Waals surface area contributed by atoms with Gasteiger partial charge in [-0.2, -0.15) is 0 Å². The lowest BCUT2D eigenvalue weighted by atomic mass is 10.0. The summed E-state index contributed by atoms with van der Waals surface area (Å²) in [4.78, 5) is 12.2. The molecule has 1 aliphatic rings. The first kappa shape index (κ1) is 18.7. The van der Waals surface area contributed by atoms with Gasteiger partial charge in [-0.1, -0.05) is 47.6 Å². The number of nitrogens with zero attached hydrogens (tertiary/aromatic N) is 1. The van der Waals surface area contributed by atoms with E-state index in [2.05, 4.69) is 52.9 Å². The Morgan fingerprint density at radius 1 is 1.07 bits per heavy atom. The minimum atomic E-state index is -0.251. The summed E-state index contributed by atoms with van der Waals surface area (Å²) in [7, 11) is 0. The summed E-state index contributed by atoms with van der Waals surface area (Å²) in [5.41, 5.74) is 1.60. The first-order chi connectivity index (χ1) is 13.8. The van der Waals surface area contributed by atoms with Crippen LogP contribution in [-0.2, 0) is 22.3 Å². The Morgan fingerprint density at radius 2 is 1.96 bits per heavy atom. The fourth-order valence-corrected chi connectivity index (χ4v) is 3.35. The van der Waals surface area contributed by atoms with Crippen molar-refractivity contribution in [3.8, 4) is 0 Å². The second-order valence-electron chi connectivity index (χ2n) is 6.99. The monoisotopic (exact) mass is 380 g/mol. The summed E-state index contributed by atoms with van der Waals surface area (Å²) in [6.07, 6.45) is 2.52. The van der Waals surface area contributed by atoms with Gasteiger partial charge in [-0.05, 0) is 29.2 Å². The lowest BCUT2D eigenvalue weighted by Crippen LogP contribution is -2.39. The molecule has 1 saturated heterocycles. The number of fused-ring (bicyclic) bond motifs is 1. The van der Waals surface area contributed by atoms with E-state index in [1.54, 1.807) is 6.07 Å². The van der Waals surface area contributed by atoms with Gasteiger partial charge >= 0.3 is 0 Å². The largest absolute Gasteiger partial charge is 0.376 e. The predicted molar refractivity (Wildman–Crippen MR) is 105 cm³/mol. The summed E-state index contributed by atoms with van der Waals surface area (Å²) in [6, 6.07) is 16.6. The average Bonchev–Trinajstić information content (AvgIpc) is 3.22. The van der Waals surface area contributed by atoms with Gasteiger partial charge < -0.3 is 19.3 Å². The minimum Gasteiger partial charge on any atom is -0.376 e. The first-order valence-corrected chi connectivity index (χ1v) is 9.69. The molecule has 0 bridgehead atoms. The van der Waals surface area contributed by atoms with Gasteiger partial charge in [0.05, 0.1) is 25.9 Å². The number of aromatic nitrogens is 1. The van der Waals surface area contributed by atoms with Crippen LogP contribution in [0.25, 0.3) is 10.8 Å². The molecular formula is C22H24N2O4. The number of hydrogen-bond donors (Lipinski definition) is 1. The maximum atomic E-state index is 12.2. The highest BCUT2D eigenvalue weighted by Crippen LogP contribution is 2.17. The van der Waals surface area contributed by atoms with Crippen molar-refractivity contribution >= 4 is 16.7 Å². The van der Waals surface area contributed by atoms with Crippen LogP contribution in [0.4, 0.5) is 0 Å². The van der Waals surface area contributed by atoms with Crippen molar-refractivity contribution in [2.75, 3.05) is 26.4 Å². The molecule has 6 heteroatoms. The average molecular weight is 380 g/mol. The van der Waals surface area contributed by atoms with E-state index in [-0.39, 0.29) is 12.0 Å². The zero-order valence-electron chi connectivity index (χ0n) is 15.7. The molecule has 0 aliphatic carbocycles. The molecule has 1 aliphatic heterocycles. The van der Waals surface area contributed by atoms with Crippen LogP contribution in [0.3, 0.4) is 0 Å². The van der Waals surface area contributed by atoms with Gasteiger partial charge in [-0.3, -0.25) is 4.79 Å². The van der Waals surface area contributed by atoms with Gasteiger partial charge in [-0.15, -0.1) is 0 Å². The van der Waals surface area contributed by atoms with Crippen molar-refractivity contribution in [2.24, 2.45) is 0 Å². The van der Waals surface area contributed by atoms with Gasteiger partial charge in [0, 0.05) is 19.0 Å². The second-order valence-corrected chi connectivity index (χ2v) is 6.99. The Labute approximate surface area is 163 Å². The van der Waals surface area contributed by atoms with Gasteiger partial charge in [-0.25, -0.2) is 0 Å². The molecule has 1 atom stereocenters. The lowest BCUT2D eigenvalue weighted by molar-refractivity contribution is -0.0855. The predicted octanol–water partition coefficient (Wildman–Crippen LogP) is 3.15. The number of benzene rings is 2. The van der Waals surface area contributed by atoms with Crippen LogP contribution in [-0.4, -0.2) is 43.5 Å². The summed E-state index contributed by atoms with van der Waals surface area (Å²) >= 11 is 0. The fourth-order valence-electron chi connectivity index (χ4n) is 3.35. The molecular weight excluding hydrogens is 356 g/mol. The van der Waals surface area contributed by atoms with Crippen LogP contribution >= 0.6 is 0 Å². The van der Waals surface area contributed by atoms with Crippen molar-refractivity contribution in [2.45, 2.75) is 25.4 Å². The second kappa shape index (κ2) is 8.99. The van der Waals surface area contributed by atoms with E-state index in [4.69, 9.17) is 14.0 Å². The normalized spacial score (nSPS) is 16.9. The Balaban J connectivity index is 1.25. The molecule has 2 heterocycles. The Morgan fingerprint density at radius 3 is 2.82 bits per heavy atom. The van der Waals surface area contributed by atoms with E-state index < -0.39 is 0 Å². The fraction of sp³-hybridized carbons (Fsp3) is 0.364. The topological polar surface area (TPSA) is 73.6 Å². The van der Waals surface area contributed by atoms with Crippen molar-refractivity contribution in [1.82, 2.24) is 10.5 Å². The van der Waals surface area contributed by atoms with E-state index in [0.717, 1.165) is 25.0 Å². The van der Waals surface area contributed by atoms with Crippen LogP contribution in [0.2, 0.25) is 0 Å². The van der Waals surface area contributed by atoms with Crippen LogP contribution < -0.4 is 5.32 Å². The molecule has 0 saturated carbocycles. The van der Waals surface area contributed by atoms with Gasteiger partial charge in [0.15, 0.2) is 5.69 Å². The molecule has 146 valence electrons. The maximum absolute atomic E-state index is 12.2. The van der Waals surface area contributed by atoms with Crippen molar-refractivity contribution in [1.29, 1.82) is 0 Å². The summed E-state index contributed by atoms with van der Waals surface area (Å²) in [6.45, 7) is 2.07. The Kier molecular flexibility index (Phi) is 5.99. The van der Waals surface area contributed by atoms with Crippen molar-refractivity contribution < 1.29 is 18.8 Å². The quantitative estimate of drug-likeness (QED) is 0.682. The summed E-state index contributed by atoms with van der Waals surface area (Å²) < 4.78 is 16.1. The molecule has 4 rings (SSSR count). The molecule has 0 spiro atoms. The number of rotatable bonds is 7. The highest BCUT2D eigenvalue weighted by atomic mass is 16.6. The van der Waals surface area contributed by atoms with Gasteiger partial charge in [0.1, 0.15) is 5.76 Å². The molecule has 0 radical (unpaired) electrons. The van der Waals surface area contributed by atoms with E-state index in [9.17, 15) is 4.79 Å². The van der Waals surface area contributed by atoms with Crippen LogP contribution in [0, 0.1) is 0 Å². The summed E-state index contributed by atoms with van der Waals surface area (Å²) in [5, 5.41) is 9.21. The standard InChI is InChI=1S/C22H24N2O4/c25-22(23-14-20-15-26-10-11-27-20)21-13-19(28-24-21)7-3-4-16-8-9-17-5-1-2-6-18(17)12-16/h1-2,5-6,8-9,12-13,20H,3-4,7,10-11,14-15H2,(H,23,25). The molecule has 1 aromatic heterocycles.